The smallest absolute Gasteiger partial charge is 0.321 e. The Morgan fingerprint density at radius 3 is 2.48 bits per heavy atom. The molecule has 25 heavy (non-hydrogen) atoms. The van der Waals surface area contributed by atoms with E-state index in [1.807, 2.05) is 24.3 Å². The zero-order chi connectivity index (χ0) is 17.8. The summed E-state index contributed by atoms with van der Waals surface area (Å²) in [5, 5.41) is 4.06. The van der Waals surface area contributed by atoms with E-state index >= 15 is 0 Å². The van der Waals surface area contributed by atoms with Crippen molar-refractivity contribution in [2.24, 2.45) is 0 Å². The van der Waals surface area contributed by atoms with Crippen molar-refractivity contribution in [3.05, 3.63) is 52.5 Å². The van der Waals surface area contributed by atoms with Crippen LogP contribution in [-0.4, -0.2) is 44.2 Å². The monoisotopic (exact) mass is 379 g/mol. The number of hydrogen-bond donors (Lipinski definition) is 1. The Hall–Kier alpha value is -2.11. The van der Waals surface area contributed by atoms with Gasteiger partial charge in [-0.25, -0.2) is 4.79 Å². The molecular weight excluding hydrogens is 361 g/mol. The van der Waals surface area contributed by atoms with Crippen LogP contribution in [0.15, 0.2) is 42.5 Å². The summed E-state index contributed by atoms with van der Waals surface area (Å²) in [4.78, 5) is 16.4. The zero-order valence-corrected chi connectivity index (χ0v) is 15.3. The highest BCUT2D eigenvalue weighted by Crippen LogP contribution is 2.27. The van der Waals surface area contributed by atoms with E-state index in [1.165, 1.54) is 0 Å². The molecule has 1 aliphatic heterocycles. The Morgan fingerprint density at radius 2 is 1.84 bits per heavy atom. The number of nitrogens with one attached hydrogen (secondary N) is 1. The van der Waals surface area contributed by atoms with E-state index in [9.17, 15) is 4.79 Å². The standard InChI is InChI=1S/C18H19Cl2N3O2/c1-25-17-6-5-14(12-16(17)20)21-18(24)23-9-7-22(8-10-23)15-4-2-3-13(19)11-15/h2-6,11-12H,7-10H2,1H3,(H,21,24). The second kappa shape index (κ2) is 7.85. The fourth-order valence-corrected chi connectivity index (χ4v) is 3.23. The van der Waals surface area contributed by atoms with E-state index in [0.717, 1.165) is 18.8 Å². The van der Waals surface area contributed by atoms with Gasteiger partial charge in [-0.15, -0.1) is 0 Å². The second-order valence-corrected chi connectivity index (χ2v) is 6.58. The lowest BCUT2D eigenvalue weighted by molar-refractivity contribution is 0.208. The number of benzene rings is 2. The van der Waals surface area contributed by atoms with Gasteiger partial charge in [-0.2, -0.15) is 0 Å². The summed E-state index contributed by atoms with van der Waals surface area (Å²) < 4.78 is 5.11. The SMILES string of the molecule is COc1ccc(NC(=O)N2CCN(c3cccc(Cl)c3)CC2)cc1Cl. The minimum atomic E-state index is -0.132. The summed E-state index contributed by atoms with van der Waals surface area (Å²) >= 11 is 12.1. The van der Waals surface area contributed by atoms with Crippen molar-refractivity contribution in [2.75, 3.05) is 43.5 Å². The number of urea groups is 1. The summed E-state index contributed by atoms with van der Waals surface area (Å²) in [6.45, 7) is 2.80. The van der Waals surface area contributed by atoms with E-state index in [0.29, 0.717) is 34.6 Å². The van der Waals surface area contributed by atoms with E-state index in [-0.39, 0.29) is 6.03 Å². The molecule has 2 amide bonds. The van der Waals surface area contributed by atoms with Gasteiger partial charge in [0.05, 0.1) is 12.1 Å². The number of rotatable bonds is 3. The van der Waals surface area contributed by atoms with Crippen LogP contribution in [0.3, 0.4) is 0 Å². The Bertz CT molecular complexity index is 762. The van der Waals surface area contributed by atoms with Crippen LogP contribution >= 0.6 is 23.2 Å². The summed E-state index contributed by atoms with van der Waals surface area (Å²) in [5.41, 5.74) is 1.72. The molecule has 0 atom stereocenters. The van der Waals surface area contributed by atoms with Crippen LogP contribution in [0, 0.1) is 0 Å². The number of ether oxygens (including phenoxy) is 1. The molecule has 0 radical (unpaired) electrons. The number of amides is 2. The lowest BCUT2D eigenvalue weighted by Crippen LogP contribution is -2.50. The second-order valence-electron chi connectivity index (χ2n) is 5.73. The van der Waals surface area contributed by atoms with Crippen molar-refractivity contribution in [1.82, 2.24) is 4.90 Å². The Morgan fingerprint density at radius 1 is 1.08 bits per heavy atom. The molecule has 1 saturated heterocycles. The van der Waals surface area contributed by atoms with Crippen molar-refractivity contribution >= 4 is 40.6 Å². The van der Waals surface area contributed by atoms with Gasteiger partial charge in [0.2, 0.25) is 0 Å². The average molecular weight is 380 g/mol. The number of halogens is 2. The van der Waals surface area contributed by atoms with E-state index in [2.05, 4.69) is 10.2 Å². The largest absolute Gasteiger partial charge is 0.495 e. The first-order valence-corrected chi connectivity index (χ1v) is 8.72. The predicted molar refractivity (Wildman–Crippen MR) is 102 cm³/mol. The van der Waals surface area contributed by atoms with Crippen LogP contribution in [-0.2, 0) is 0 Å². The van der Waals surface area contributed by atoms with Crippen molar-refractivity contribution in [3.8, 4) is 5.75 Å². The molecule has 0 unspecified atom stereocenters. The van der Waals surface area contributed by atoms with Crippen LogP contribution in [0.5, 0.6) is 5.75 Å². The van der Waals surface area contributed by atoms with Gasteiger partial charge in [0.25, 0.3) is 0 Å². The molecule has 1 heterocycles. The number of piperazine rings is 1. The molecule has 0 bridgehead atoms. The van der Waals surface area contributed by atoms with Crippen LogP contribution in [0.2, 0.25) is 10.0 Å². The fraction of sp³-hybridized carbons (Fsp3) is 0.278. The van der Waals surface area contributed by atoms with E-state index in [4.69, 9.17) is 27.9 Å². The molecule has 1 fully saturated rings. The maximum atomic E-state index is 12.4. The molecular formula is C18H19Cl2N3O2. The fourth-order valence-electron chi connectivity index (χ4n) is 2.79. The molecule has 0 aromatic heterocycles. The third kappa shape index (κ3) is 4.30. The summed E-state index contributed by atoms with van der Waals surface area (Å²) in [6, 6.07) is 12.8. The number of carbonyl (C=O) groups is 1. The molecule has 2 aromatic carbocycles. The molecule has 1 aliphatic rings. The normalized spacial score (nSPS) is 14.4. The van der Waals surface area contributed by atoms with Crippen molar-refractivity contribution < 1.29 is 9.53 Å². The predicted octanol–water partition coefficient (Wildman–Crippen LogP) is 4.36. The maximum Gasteiger partial charge on any atom is 0.321 e. The number of nitrogens with zero attached hydrogens (tertiary/aromatic N) is 2. The summed E-state index contributed by atoms with van der Waals surface area (Å²) in [6.07, 6.45) is 0. The molecule has 7 heteroatoms. The zero-order valence-electron chi connectivity index (χ0n) is 13.8. The number of methoxy groups -OCH3 is 1. The summed E-state index contributed by atoms with van der Waals surface area (Å²) in [5.74, 6) is 0.579. The number of anilines is 2. The minimum absolute atomic E-state index is 0.132. The van der Waals surface area contributed by atoms with E-state index in [1.54, 1.807) is 30.2 Å². The van der Waals surface area contributed by atoms with Gasteiger partial charge < -0.3 is 19.9 Å². The lowest BCUT2D eigenvalue weighted by Gasteiger charge is -2.36. The number of hydrogen-bond acceptors (Lipinski definition) is 3. The van der Waals surface area contributed by atoms with Crippen LogP contribution < -0.4 is 15.0 Å². The molecule has 5 nitrogen and oxygen atoms in total. The maximum absolute atomic E-state index is 12.4. The highest BCUT2D eigenvalue weighted by molar-refractivity contribution is 6.32. The van der Waals surface area contributed by atoms with E-state index < -0.39 is 0 Å². The summed E-state index contributed by atoms with van der Waals surface area (Å²) in [7, 11) is 1.55. The first-order chi connectivity index (χ1) is 12.1. The molecule has 132 valence electrons. The van der Waals surface area contributed by atoms with Crippen molar-refractivity contribution in [2.45, 2.75) is 0 Å². The minimum Gasteiger partial charge on any atom is -0.495 e. The third-order valence-corrected chi connectivity index (χ3v) is 4.67. The Balaban J connectivity index is 1.57. The van der Waals surface area contributed by atoms with Crippen molar-refractivity contribution in [1.29, 1.82) is 0 Å². The van der Waals surface area contributed by atoms with Gasteiger partial charge in [0.15, 0.2) is 0 Å². The van der Waals surface area contributed by atoms with Crippen LogP contribution in [0.1, 0.15) is 0 Å². The lowest BCUT2D eigenvalue weighted by atomic mass is 10.2. The van der Waals surface area contributed by atoms with Gasteiger partial charge >= 0.3 is 6.03 Å². The first-order valence-electron chi connectivity index (χ1n) is 7.97. The molecule has 1 N–H and O–H groups in total. The van der Waals surface area contributed by atoms with Gasteiger partial charge in [0, 0.05) is 42.6 Å². The quantitative estimate of drug-likeness (QED) is 0.861. The van der Waals surface area contributed by atoms with Crippen molar-refractivity contribution in [3.63, 3.8) is 0 Å². The highest BCUT2D eigenvalue weighted by Gasteiger charge is 2.21. The van der Waals surface area contributed by atoms with Crippen LogP contribution in [0.25, 0.3) is 0 Å². The van der Waals surface area contributed by atoms with Crippen LogP contribution in [0.4, 0.5) is 16.2 Å². The van der Waals surface area contributed by atoms with Gasteiger partial charge in [-0.1, -0.05) is 29.3 Å². The third-order valence-electron chi connectivity index (χ3n) is 4.14. The average Bonchev–Trinajstić information content (AvgIpc) is 2.62. The highest BCUT2D eigenvalue weighted by atomic mass is 35.5. The molecule has 0 aliphatic carbocycles. The Labute approximate surface area is 157 Å². The molecule has 0 spiro atoms. The first kappa shape index (κ1) is 17.7. The number of carbonyl (C=O) groups excluding carboxylic acids is 1. The Kier molecular flexibility index (Phi) is 5.56. The van der Waals surface area contributed by atoms with Gasteiger partial charge in [-0.05, 0) is 36.4 Å². The molecule has 3 rings (SSSR count). The molecule has 0 saturated carbocycles. The molecule has 2 aromatic rings. The van der Waals surface area contributed by atoms with Gasteiger partial charge in [-0.3, -0.25) is 0 Å². The topological polar surface area (TPSA) is 44.8 Å². The van der Waals surface area contributed by atoms with Gasteiger partial charge in [0.1, 0.15) is 5.75 Å².